The zero-order chi connectivity index (χ0) is 24.6. The van der Waals surface area contributed by atoms with Gasteiger partial charge in [-0.15, -0.1) is 0 Å². The molecule has 3 heterocycles. The minimum absolute atomic E-state index is 0.0751. The molecule has 4 aromatic rings. The monoisotopic (exact) mass is 467 g/mol. The first-order valence-corrected chi connectivity index (χ1v) is 10.3. The van der Waals surface area contributed by atoms with Crippen LogP contribution < -0.4 is 21.9 Å². The lowest BCUT2D eigenvalue weighted by Gasteiger charge is -2.19. The minimum atomic E-state index is -3.10. The van der Waals surface area contributed by atoms with Crippen LogP contribution in [0.5, 0.6) is 5.88 Å². The second kappa shape index (κ2) is 8.67. The van der Waals surface area contributed by atoms with E-state index in [9.17, 15) is 13.6 Å². The van der Waals surface area contributed by atoms with Gasteiger partial charge in [-0.3, -0.25) is 9.89 Å². The van der Waals surface area contributed by atoms with Crippen LogP contribution in [0.2, 0.25) is 0 Å². The van der Waals surface area contributed by atoms with Gasteiger partial charge in [0.05, 0.1) is 28.8 Å². The molecule has 4 rings (SSSR count). The molecule has 1 aromatic carbocycles. The molecule has 11 heteroatoms. The van der Waals surface area contributed by atoms with Gasteiger partial charge in [0.2, 0.25) is 5.88 Å². The second-order valence-electron chi connectivity index (χ2n) is 8.01. The van der Waals surface area contributed by atoms with E-state index in [4.69, 9.17) is 21.9 Å². The molecule has 7 N–H and O–H groups in total. The normalized spacial score (nSPS) is 12.6. The molecular weight excluding hydrogens is 444 g/mol. The molecule has 1 unspecified atom stereocenters. The Balaban J connectivity index is 1.81. The van der Waals surface area contributed by atoms with Crippen LogP contribution in [0.1, 0.15) is 23.0 Å². The Bertz CT molecular complexity index is 1380. The number of nitrogens with two attached hydrogens (primary N) is 3. The van der Waals surface area contributed by atoms with E-state index >= 15 is 0 Å². The number of pyridine rings is 2. The molecule has 3 aromatic heterocycles. The highest BCUT2D eigenvalue weighted by molar-refractivity contribution is 6.05. The summed E-state index contributed by atoms with van der Waals surface area (Å²) in [4.78, 5) is 20.8. The van der Waals surface area contributed by atoms with E-state index in [1.807, 2.05) is 19.1 Å². The third-order valence-corrected chi connectivity index (χ3v) is 5.44. The fourth-order valence-electron chi connectivity index (χ4n) is 3.52. The predicted molar refractivity (Wildman–Crippen MR) is 124 cm³/mol. The van der Waals surface area contributed by atoms with Crippen molar-refractivity contribution in [3.8, 4) is 28.4 Å². The maximum Gasteiger partial charge on any atom is 0.269 e. The summed E-state index contributed by atoms with van der Waals surface area (Å²) in [6.45, 7) is 2.19. The highest BCUT2D eigenvalue weighted by Gasteiger charge is 2.31. The van der Waals surface area contributed by atoms with E-state index < -0.39 is 24.5 Å². The number of hydrogen-bond donors (Lipinski definition) is 4. The number of rotatable bonds is 7. The Morgan fingerprint density at radius 2 is 1.97 bits per heavy atom. The Morgan fingerprint density at radius 1 is 1.21 bits per heavy atom. The van der Waals surface area contributed by atoms with Gasteiger partial charge in [-0.1, -0.05) is 12.1 Å². The number of nitrogens with zero attached hydrogens (tertiary/aromatic N) is 3. The quantitative estimate of drug-likeness (QED) is 0.325. The van der Waals surface area contributed by atoms with Crippen LogP contribution >= 0.6 is 0 Å². The molecule has 0 fully saturated rings. The van der Waals surface area contributed by atoms with Crippen molar-refractivity contribution in [3.05, 3.63) is 53.9 Å². The van der Waals surface area contributed by atoms with Gasteiger partial charge in [-0.25, -0.2) is 18.7 Å². The zero-order valence-electron chi connectivity index (χ0n) is 18.5. The summed E-state index contributed by atoms with van der Waals surface area (Å²) in [5.74, 6) is -3.83. The number of carbonyl (C=O) groups is 1. The SMILES string of the molecule is Cc1ccc2[nH]ncc2c1-c1cc(-c2cccc(OCC(N)C(C)(F)F)n2)nc(C(N)=O)c1N. The van der Waals surface area contributed by atoms with E-state index in [-0.39, 0.29) is 17.3 Å². The number of ether oxygens (including phenoxy) is 1. The van der Waals surface area contributed by atoms with Crippen LogP contribution in [0.3, 0.4) is 0 Å². The standard InChI is InChI=1S/C23H23F2N7O2/c1-11-6-7-14-13(9-29-32-14)19(11)12-8-16(31-21(20(12)27)22(28)33)15-4-3-5-18(30-15)34-10-17(26)23(2,24)25/h3-9,17H,10,26-27H2,1-2H3,(H2,28,33)(H,29,32). The van der Waals surface area contributed by atoms with Gasteiger partial charge in [-0.05, 0) is 36.2 Å². The number of alkyl halides is 2. The summed E-state index contributed by atoms with van der Waals surface area (Å²) < 4.78 is 32.1. The molecule has 1 amide bonds. The van der Waals surface area contributed by atoms with Gasteiger partial charge in [0.15, 0.2) is 5.69 Å². The maximum absolute atomic E-state index is 13.3. The van der Waals surface area contributed by atoms with Crippen LogP contribution in [-0.4, -0.2) is 44.6 Å². The number of benzene rings is 1. The molecule has 9 nitrogen and oxygen atoms in total. The fraction of sp³-hybridized carbons (Fsp3) is 0.217. The Morgan fingerprint density at radius 3 is 2.68 bits per heavy atom. The van der Waals surface area contributed by atoms with Gasteiger partial charge >= 0.3 is 0 Å². The number of H-pyrrole nitrogens is 1. The van der Waals surface area contributed by atoms with Crippen molar-refractivity contribution < 1.29 is 18.3 Å². The Labute approximate surface area is 193 Å². The topological polar surface area (TPSA) is 159 Å². The Hall–Kier alpha value is -4.12. The molecule has 34 heavy (non-hydrogen) atoms. The van der Waals surface area contributed by atoms with E-state index in [1.54, 1.807) is 24.4 Å². The zero-order valence-corrected chi connectivity index (χ0v) is 18.5. The number of anilines is 1. The first kappa shape index (κ1) is 23.1. The van der Waals surface area contributed by atoms with Crippen LogP contribution in [0.25, 0.3) is 33.4 Å². The first-order valence-electron chi connectivity index (χ1n) is 10.3. The third-order valence-electron chi connectivity index (χ3n) is 5.44. The van der Waals surface area contributed by atoms with Crippen LogP contribution in [0.15, 0.2) is 42.6 Å². The third kappa shape index (κ3) is 4.37. The highest BCUT2D eigenvalue weighted by atomic mass is 19.3. The highest BCUT2D eigenvalue weighted by Crippen LogP contribution is 2.37. The van der Waals surface area contributed by atoms with E-state index in [0.29, 0.717) is 17.0 Å². The number of aromatic amines is 1. The molecule has 0 radical (unpaired) electrons. The van der Waals surface area contributed by atoms with Crippen molar-refractivity contribution in [2.24, 2.45) is 11.5 Å². The van der Waals surface area contributed by atoms with Gasteiger partial charge in [0, 0.05) is 23.9 Å². The molecule has 0 bridgehead atoms. The number of nitrogens with one attached hydrogen (secondary N) is 1. The second-order valence-corrected chi connectivity index (χ2v) is 8.01. The molecule has 1 atom stereocenters. The lowest BCUT2D eigenvalue weighted by Crippen LogP contribution is -2.43. The summed E-state index contributed by atoms with van der Waals surface area (Å²) in [7, 11) is 0. The van der Waals surface area contributed by atoms with E-state index in [2.05, 4.69) is 20.2 Å². The van der Waals surface area contributed by atoms with Crippen molar-refractivity contribution in [1.82, 2.24) is 20.2 Å². The minimum Gasteiger partial charge on any atom is -0.476 e. The summed E-state index contributed by atoms with van der Waals surface area (Å²) in [6.07, 6.45) is 1.67. The Kier molecular flexibility index (Phi) is 5.88. The lowest BCUT2D eigenvalue weighted by molar-refractivity contribution is -0.0192. The smallest absolute Gasteiger partial charge is 0.269 e. The fourth-order valence-corrected chi connectivity index (χ4v) is 3.52. The molecule has 0 saturated carbocycles. The molecule has 0 aliphatic heterocycles. The van der Waals surface area contributed by atoms with Crippen molar-refractivity contribution in [2.75, 3.05) is 12.3 Å². The number of fused-ring (bicyclic) bond motifs is 1. The largest absolute Gasteiger partial charge is 0.476 e. The number of amides is 1. The van der Waals surface area contributed by atoms with E-state index in [0.717, 1.165) is 29.0 Å². The van der Waals surface area contributed by atoms with Gasteiger partial charge in [0.25, 0.3) is 11.8 Å². The number of halogens is 2. The van der Waals surface area contributed by atoms with Crippen LogP contribution in [0, 0.1) is 6.92 Å². The van der Waals surface area contributed by atoms with Crippen LogP contribution in [-0.2, 0) is 0 Å². The molecule has 0 aliphatic rings. The van der Waals surface area contributed by atoms with Gasteiger partial charge in [0.1, 0.15) is 12.6 Å². The van der Waals surface area contributed by atoms with Gasteiger partial charge < -0.3 is 21.9 Å². The van der Waals surface area contributed by atoms with E-state index in [1.165, 1.54) is 6.07 Å². The molecule has 0 spiro atoms. The lowest BCUT2D eigenvalue weighted by atomic mass is 9.94. The van der Waals surface area contributed by atoms with Gasteiger partial charge in [-0.2, -0.15) is 5.10 Å². The average Bonchev–Trinajstić information content (AvgIpc) is 3.26. The average molecular weight is 467 g/mol. The van der Waals surface area contributed by atoms with Crippen molar-refractivity contribution in [3.63, 3.8) is 0 Å². The number of aromatic nitrogens is 4. The maximum atomic E-state index is 13.3. The number of primary amides is 1. The van der Waals surface area contributed by atoms with Crippen molar-refractivity contribution in [1.29, 1.82) is 0 Å². The summed E-state index contributed by atoms with van der Waals surface area (Å²) in [5, 5.41) is 7.81. The van der Waals surface area contributed by atoms with Crippen molar-refractivity contribution in [2.45, 2.75) is 25.8 Å². The molecule has 0 saturated heterocycles. The number of carbonyl (C=O) groups excluding carboxylic acids is 1. The number of nitrogen functional groups attached to an aromatic ring is 1. The summed E-state index contributed by atoms with van der Waals surface area (Å²) in [5.41, 5.74) is 21.0. The summed E-state index contributed by atoms with van der Waals surface area (Å²) in [6, 6.07) is 8.75. The predicted octanol–water partition coefficient (Wildman–Crippen LogP) is 3.04. The summed E-state index contributed by atoms with van der Waals surface area (Å²) >= 11 is 0. The molecule has 176 valence electrons. The first-order chi connectivity index (χ1) is 16.1. The molecular formula is C23H23F2N7O2. The van der Waals surface area contributed by atoms with Crippen molar-refractivity contribution >= 4 is 22.5 Å². The van der Waals surface area contributed by atoms with Crippen LogP contribution in [0.4, 0.5) is 14.5 Å². The number of hydrogen-bond acceptors (Lipinski definition) is 7. The number of aryl methyl sites for hydroxylation is 1. The molecule has 0 aliphatic carbocycles.